The van der Waals surface area contributed by atoms with E-state index in [0.717, 1.165) is 31.2 Å². The Morgan fingerprint density at radius 1 is 1.06 bits per heavy atom. The molecule has 5 fully saturated rings. The fraction of sp³-hybridized carbons (Fsp3) is 0.769. The predicted octanol–water partition coefficient (Wildman–Crippen LogP) is 4.83. The van der Waals surface area contributed by atoms with E-state index in [9.17, 15) is 9.59 Å². The minimum atomic E-state index is -0.276. The van der Waals surface area contributed by atoms with Gasteiger partial charge in [-0.15, -0.1) is 0 Å². The highest BCUT2D eigenvalue weighted by molar-refractivity contribution is 5.66. The van der Waals surface area contributed by atoms with E-state index in [2.05, 4.69) is 13.8 Å². The molecule has 4 saturated carbocycles. The smallest absolute Gasteiger partial charge is 0.335 e. The number of ether oxygens (including phenoxy) is 2. The summed E-state index contributed by atoms with van der Waals surface area (Å²) in [4.78, 5) is 23.0. The average molecular weight is 427 g/mol. The Hall–Kier alpha value is -1.62. The zero-order valence-electron chi connectivity index (χ0n) is 18.9. The molecule has 1 aliphatic heterocycles. The number of hydrogen-bond donors (Lipinski definition) is 0. The third-order valence-corrected chi connectivity index (χ3v) is 10.5. The summed E-state index contributed by atoms with van der Waals surface area (Å²) in [5.74, 6) is 2.21. The summed E-state index contributed by atoms with van der Waals surface area (Å²) in [7, 11) is 0. The first-order chi connectivity index (χ1) is 14.8. The summed E-state index contributed by atoms with van der Waals surface area (Å²) in [5, 5.41) is 0. The summed E-state index contributed by atoms with van der Waals surface area (Å²) in [6, 6.07) is 3.54. The number of hydrogen-bond acceptors (Lipinski definition) is 5. The maximum absolute atomic E-state index is 11.5. The SMILES string of the molecule is CC(=O)O[C@@H]1CC[C@@]2(C)[C@H](CC[C@@H]3[C@@H]2CC[C@]2(C)[C@@H](c4ccc(=O)oc4)C[C@@H]4O[C@]432)C1. The molecule has 0 bridgehead atoms. The van der Waals surface area contributed by atoms with Gasteiger partial charge in [-0.2, -0.15) is 0 Å². The maximum Gasteiger partial charge on any atom is 0.335 e. The van der Waals surface area contributed by atoms with Crippen LogP contribution < -0.4 is 5.63 Å². The molecule has 5 aliphatic rings. The van der Waals surface area contributed by atoms with E-state index in [0.29, 0.717) is 35.2 Å². The molecule has 0 unspecified atom stereocenters. The summed E-state index contributed by atoms with van der Waals surface area (Å²) in [5.41, 5.74) is 1.32. The molecule has 5 nitrogen and oxygen atoms in total. The molecule has 1 aromatic heterocycles. The van der Waals surface area contributed by atoms with Gasteiger partial charge in [0.25, 0.3) is 0 Å². The fourth-order valence-corrected chi connectivity index (χ4v) is 9.06. The summed E-state index contributed by atoms with van der Waals surface area (Å²) in [6.07, 6.45) is 11.2. The number of epoxide rings is 1. The van der Waals surface area contributed by atoms with E-state index in [4.69, 9.17) is 13.9 Å². The molecule has 0 radical (unpaired) electrons. The van der Waals surface area contributed by atoms with Crippen molar-refractivity contribution in [2.75, 3.05) is 0 Å². The molecule has 6 rings (SSSR count). The number of esters is 1. The second kappa shape index (κ2) is 6.46. The molecule has 5 heteroatoms. The molecule has 168 valence electrons. The van der Waals surface area contributed by atoms with Gasteiger partial charge in [0, 0.05) is 18.4 Å². The lowest BCUT2D eigenvalue weighted by molar-refractivity contribution is -0.162. The zero-order valence-corrected chi connectivity index (χ0v) is 18.9. The molecular weight excluding hydrogens is 392 g/mol. The van der Waals surface area contributed by atoms with Gasteiger partial charge >= 0.3 is 11.6 Å². The van der Waals surface area contributed by atoms with Gasteiger partial charge in [0.2, 0.25) is 0 Å². The highest BCUT2D eigenvalue weighted by Crippen LogP contribution is 2.77. The van der Waals surface area contributed by atoms with Gasteiger partial charge in [0.05, 0.1) is 12.4 Å². The van der Waals surface area contributed by atoms with E-state index in [1.54, 1.807) is 12.3 Å². The van der Waals surface area contributed by atoms with Crippen LogP contribution in [0.4, 0.5) is 0 Å². The molecule has 0 N–H and O–H groups in total. The largest absolute Gasteiger partial charge is 0.463 e. The van der Waals surface area contributed by atoms with Gasteiger partial charge in [-0.25, -0.2) is 4.79 Å². The Morgan fingerprint density at radius 3 is 2.65 bits per heavy atom. The lowest BCUT2D eigenvalue weighted by Gasteiger charge is -2.61. The van der Waals surface area contributed by atoms with Crippen LogP contribution in [0.1, 0.15) is 83.6 Å². The van der Waals surface area contributed by atoms with Crippen LogP contribution >= 0.6 is 0 Å². The summed E-state index contributed by atoms with van der Waals surface area (Å²) in [6.45, 7) is 6.50. The van der Waals surface area contributed by atoms with Gasteiger partial charge in [-0.1, -0.05) is 13.8 Å². The van der Waals surface area contributed by atoms with Crippen molar-refractivity contribution < 1.29 is 18.7 Å². The van der Waals surface area contributed by atoms with E-state index < -0.39 is 0 Å². The molecule has 1 saturated heterocycles. The Labute approximate surface area is 183 Å². The van der Waals surface area contributed by atoms with Gasteiger partial charge in [0.15, 0.2) is 0 Å². The Kier molecular flexibility index (Phi) is 4.17. The molecule has 31 heavy (non-hydrogen) atoms. The van der Waals surface area contributed by atoms with Crippen LogP contribution in [0.5, 0.6) is 0 Å². The first-order valence-electron chi connectivity index (χ1n) is 12.2. The van der Waals surface area contributed by atoms with Crippen molar-refractivity contribution in [2.45, 2.75) is 95.9 Å². The molecule has 0 amide bonds. The number of carbonyl (C=O) groups excluding carboxylic acids is 1. The third kappa shape index (κ3) is 2.59. The van der Waals surface area contributed by atoms with Crippen LogP contribution in [0.15, 0.2) is 27.6 Å². The number of fused-ring (bicyclic) bond motifs is 3. The van der Waals surface area contributed by atoms with Gasteiger partial charge < -0.3 is 13.9 Å². The van der Waals surface area contributed by atoms with Crippen molar-refractivity contribution in [1.82, 2.24) is 0 Å². The van der Waals surface area contributed by atoms with Crippen molar-refractivity contribution in [3.63, 3.8) is 0 Å². The van der Waals surface area contributed by atoms with Gasteiger partial charge in [0.1, 0.15) is 11.7 Å². The molecule has 9 atom stereocenters. The predicted molar refractivity (Wildman–Crippen MR) is 114 cm³/mol. The summed E-state index contributed by atoms with van der Waals surface area (Å²) >= 11 is 0. The topological polar surface area (TPSA) is 69.0 Å². The number of carbonyl (C=O) groups is 1. The van der Waals surface area contributed by atoms with E-state index in [-0.39, 0.29) is 28.7 Å². The number of rotatable bonds is 2. The van der Waals surface area contributed by atoms with E-state index in [1.807, 2.05) is 6.07 Å². The van der Waals surface area contributed by atoms with E-state index in [1.165, 1.54) is 32.6 Å². The van der Waals surface area contributed by atoms with Crippen molar-refractivity contribution in [2.24, 2.45) is 28.6 Å². The fourth-order valence-electron chi connectivity index (χ4n) is 9.06. The minimum absolute atomic E-state index is 0.00255. The first-order valence-corrected chi connectivity index (χ1v) is 12.2. The molecule has 1 aromatic rings. The lowest BCUT2D eigenvalue weighted by Crippen LogP contribution is -2.58. The Morgan fingerprint density at radius 2 is 1.90 bits per heavy atom. The highest BCUT2D eigenvalue weighted by Gasteiger charge is 2.80. The van der Waals surface area contributed by atoms with Gasteiger partial charge in [-0.05, 0) is 92.1 Å². The maximum atomic E-state index is 11.5. The third-order valence-electron chi connectivity index (χ3n) is 10.5. The average Bonchev–Trinajstić information content (AvgIpc) is 3.39. The van der Waals surface area contributed by atoms with Crippen LogP contribution in [0.3, 0.4) is 0 Å². The minimum Gasteiger partial charge on any atom is -0.463 e. The quantitative estimate of drug-likeness (QED) is 0.500. The monoisotopic (exact) mass is 426 g/mol. The molecule has 0 aromatic carbocycles. The van der Waals surface area contributed by atoms with E-state index >= 15 is 0 Å². The molecular formula is C26H34O5. The van der Waals surface area contributed by atoms with Crippen LogP contribution in [-0.2, 0) is 14.3 Å². The van der Waals surface area contributed by atoms with Gasteiger partial charge in [-0.3, -0.25) is 4.79 Å². The Bertz CT molecular complexity index is 948. The van der Waals surface area contributed by atoms with Crippen molar-refractivity contribution in [3.05, 3.63) is 34.4 Å². The second-order valence-corrected chi connectivity index (χ2v) is 11.5. The standard InChI is InChI=1S/C26H34O5/c1-15(27)30-18-8-10-24(2)17(12-18)5-6-20-19(24)9-11-25(3)21(13-22-26(20,25)31-22)16-4-7-23(28)29-14-16/h4,7,14,17-22H,5-6,8-13H2,1-3H3/t17-,18-,19+,20-,21-,22+,24+,25-,26+/m1/s1. The lowest BCUT2D eigenvalue weighted by atomic mass is 9.44. The van der Waals surface area contributed by atoms with Crippen molar-refractivity contribution in [3.8, 4) is 0 Å². The summed E-state index contributed by atoms with van der Waals surface area (Å²) < 4.78 is 17.5. The molecule has 1 spiro atoms. The Balaban J connectivity index is 1.28. The first kappa shape index (κ1) is 20.0. The van der Waals surface area contributed by atoms with Crippen LogP contribution in [0.2, 0.25) is 0 Å². The highest BCUT2D eigenvalue weighted by atomic mass is 16.6. The van der Waals surface area contributed by atoms with Crippen molar-refractivity contribution >= 4 is 5.97 Å². The van der Waals surface area contributed by atoms with Crippen LogP contribution in [0, 0.1) is 28.6 Å². The normalized spacial score (nSPS) is 49.9. The van der Waals surface area contributed by atoms with Crippen LogP contribution in [-0.4, -0.2) is 23.8 Å². The second-order valence-electron chi connectivity index (χ2n) is 11.5. The molecule has 4 aliphatic carbocycles. The zero-order chi connectivity index (χ0) is 21.6. The van der Waals surface area contributed by atoms with Crippen LogP contribution in [0.25, 0.3) is 0 Å². The molecule has 2 heterocycles. The van der Waals surface area contributed by atoms with Crippen molar-refractivity contribution in [1.29, 1.82) is 0 Å².